The second-order valence-corrected chi connectivity index (χ2v) is 7.76. The van der Waals surface area contributed by atoms with Crippen molar-refractivity contribution in [3.8, 4) is 5.88 Å². The van der Waals surface area contributed by atoms with E-state index in [0.717, 1.165) is 18.4 Å². The number of benzene rings is 1. The summed E-state index contributed by atoms with van der Waals surface area (Å²) in [6.45, 7) is 5.12. The summed E-state index contributed by atoms with van der Waals surface area (Å²) in [7, 11) is 0. The first kappa shape index (κ1) is 21.3. The second kappa shape index (κ2) is 10.4. The number of aromatic nitrogens is 2. The van der Waals surface area contributed by atoms with E-state index in [9.17, 15) is 4.79 Å². The minimum Gasteiger partial charge on any atom is -0.476 e. The van der Waals surface area contributed by atoms with Crippen LogP contribution in [0.25, 0.3) is 0 Å². The largest absolute Gasteiger partial charge is 0.476 e. The molecule has 2 N–H and O–H groups in total. The van der Waals surface area contributed by atoms with Crippen LogP contribution in [0.1, 0.15) is 32.3 Å². The van der Waals surface area contributed by atoms with E-state index in [1.165, 1.54) is 13.3 Å². The van der Waals surface area contributed by atoms with Crippen LogP contribution in [-0.4, -0.2) is 41.2 Å². The fraction of sp³-hybridized carbons (Fsp3) is 0.476. The van der Waals surface area contributed by atoms with Gasteiger partial charge in [-0.2, -0.15) is 0 Å². The summed E-state index contributed by atoms with van der Waals surface area (Å²) in [5, 5.41) is 6.42. The zero-order valence-corrected chi connectivity index (χ0v) is 17.5. The molecule has 1 fully saturated rings. The Balaban J connectivity index is 1.40. The van der Waals surface area contributed by atoms with Gasteiger partial charge in [-0.3, -0.25) is 4.79 Å². The molecule has 0 spiro atoms. The molecule has 0 aliphatic heterocycles. The molecule has 156 valence electrons. The van der Waals surface area contributed by atoms with E-state index < -0.39 is 0 Å². The van der Waals surface area contributed by atoms with Crippen molar-refractivity contribution in [3.63, 3.8) is 0 Å². The van der Waals surface area contributed by atoms with Crippen molar-refractivity contribution in [2.75, 3.05) is 18.5 Å². The molecule has 1 amide bonds. The van der Waals surface area contributed by atoms with Crippen LogP contribution in [0.5, 0.6) is 5.88 Å². The van der Waals surface area contributed by atoms with Crippen molar-refractivity contribution in [1.82, 2.24) is 15.3 Å². The van der Waals surface area contributed by atoms with E-state index in [0.29, 0.717) is 42.4 Å². The Morgan fingerprint density at radius 1 is 1.28 bits per heavy atom. The Bertz CT molecular complexity index is 800. The smallest absolute Gasteiger partial charge is 0.237 e. The average molecular weight is 419 g/mol. The monoisotopic (exact) mass is 418 g/mol. The number of halogens is 1. The third-order valence-electron chi connectivity index (χ3n) is 4.74. The van der Waals surface area contributed by atoms with E-state index in [2.05, 4.69) is 20.6 Å². The first-order chi connectivity index (χ1) is 14.0. The van der Waals surface area contributed by atoms with Gasteiger partial charge in [0.25, 0.3) is 0 Å². The number of amides is 1. The average Bonchev–Trinajstić information content (AvgIpc) is 2.66. The number of ether oxygens (including phenoxy) is 2. The zero-order valence-electron chi connectivity index (χ0n) is 16.7. The first-order valence-electron chi connectivity index (χ1n) is 9.81. The van der Waals surface area contributed by atoms with Gasteiger partial charge >= 0.3 is 0 Å². The number of anilines is 1. The molecule has 1 aliphatic carbocycles. The third kappa shape index (κ3) is 6.58. The molecule has 2 aromatic rings. The van der Waals surface area contributed by atoms with Crippen LogP contribution in [0.4, 0.5) is 5.82 Å². The van der Waals surface area contributed by atoms with Crippen molar-refractivity contribution < 1.29 is 14.3 Å². The lowest BCUT2D eigenvalue weighted by atomic mass is 9.83. The number of rotatable bonds is 10. The molecule has 1 aliphatic rings. The standard InChI is InChI=1S/C21H27ClN4O3/c1-14(26-15(2)27)11-28-18-8-17(9-18)12-29-21-19(22)20(24-13-25-21)23-10-16-6-4-3-5-7-16/h3-7,13-14,17-18H,8-12H2,1-2H3,(H,26,27)(H,23,24,25)/t14?,17-,18-. The molecule has 1 heterocycles. The van der Waals surface area contributed by atoms with E-state index in [-0.39, 0.29) is 18.1 Å². The van der Waals surface area contributed by atoms with Crippen molar-refractivity contribution in [1.29, 1.82) is 0 Å². The Labute approximate surface area is 176 Å². The predicted molar refractivity (Wildman–Crippen MR) is 112 cm³/mol. The Morgan fingerprint density at radius 2 is 2.03 bits per heavy atom. The summed E-state index contributed by atoms with van der Waals surface area (Å²) in [5.74, 6) is 1.31. The molecule has 1 saturated carbocycles. The lowest BCUT2D eigenvalue weighted by molar-refractivity contribution is -0.120. The first-order valence-corrected chi connectivity index (χ1v) is 10.2. The molecule has 29 heavy (non-hydrogen) atoms. The van der Waals surface area contributed by atoms with Crippen LogP contribution in [0.15, 0.2) is 36.7 Å². The van der Waals surface area contributed by atoms with E-state index in [1.807, 2.05) is 37.3 Å². The van der Waals surface area contributed by atoms with Gasteiger partial charge in [-0.05, 0) is 31.2 Å². The maximum absolute atomic E-state index is 11.0. The van der Waals surface area contributed by atoms with Gasteiger partial charge in [0.05, 0.1) is 19.3 Å². The van der Waals surface area contributed by atoms with Gasteiger partial charge in [0, 0.05) is 19.5 Å². The van der Waals surface area contributed by atoms with Crippen LogP contribution >= 0.6 is 11.6 Å². The summed E-state index contributed by atoms with van der Waals surface area (Å²) in [4.78, 5) is 19.4. The van der Waals surface area contributed by atoms with Gasteiger partial charge in [-0.1, -0.05) is 41.9 Å². The highest BCUT2D eigenvalue weighted by Crippen LogP contribution is 2.33. The van der Waals surface area contributed by atoms with Crippen molar-refractivity contribution in [3.05, 3.63) is 47.2 Å². The van der Waals surface area contributed by atoms with Crippen LogP contribution < -0.4 is 15.4 Å². The molecule has 1 atom stereocenters. The van der Waals surface area contributed by atoms with E-state index in [1.54, 1.807) is 0 Å². The number of nitrogens with zero attached hydrogens (tertiary/aromatic N) is 2. The van der Waals surface area contributed by atoms with Gasteiger partial charge in [-0.25, -0.2) is 9.97 Å². The molecule has 8 heteroatoms. The molecule has 7 nitrogen and oxygen atoms in total. The SMILES string of the molecule is CC(=O)NC(C)CO[C@H]1C[C@H](COc2ncnc(NCc3ccccc3)c2Cl)C1. The molecular weight excluding hydrogens is 392 g/mol. The zero-order chi connectivity index (χ0) is 20.6. The maximum atomic E-state index is 11.0. The maximum Gasteiger partial charge on any atom is 0.237 e. The molecule has 0 saturated heterocycles. The number of carbonyl (C=O) groups excluding carboxylic acids is 1. The molecule has 0 bridgehead atoms. The van der Waals surface area contributed by atoms with Crippen LogP contribution in [0, 0.1) is 5.92 Å². The number of hydrogen-bond acceptors (Lipinski definition) is 6. The molecule has 1 aromatic carbocycles. The van der Waals surface area contributed by atoms with Crippen molar-refractivity contribution in [2.45, 2.75) is 45.4 Å². The summed E-state index contributed by atoms with van der Waals surface area (Å²) in [6.07, 6.45) is 3.51. The van der Waals surface area contributed by atoms with Crippen molar-refractivity contribution in [2.24, 2.45) is 5.92 Å². The topological polar surface area (TPSA) is 85.4 Å². The minimum absolute atomic E-state index is 0.0180. The van der Waals surface area contributed by atoms with Crippen LogP contribution in [-0.2, 0) is 16.1 Å². The minimum atomic E-state index is -0.0413. The number of hydrogen-bond donors (Lipinski definition) is 2. The van der Waals surface area contributed by atoms with Crippen LogP contribution in [0.2, 0.25) is 5.02 Å². The Kier molecular flexibility index (Phi) is 7.66. The fourth-order valence-corrected chi connectivity index (χ4v) is 3.39. The number of carbonyl (C=O) groups is 1. The highest BCUT2D eigenvalue weighted by atomic mass is 35.5. The summed E-state index contributed by atoms with van der Waals surface area (Å²) in [6, 6.07) is 10.0. The van der Waals surface area contributed by atoms with Gasteiger partial charge in [0.2, 0.25) is 11.8 Å². The predicted octanol–water partition coefficient (Wildman–Crippen LogP) is 3.44. The second-order valence-electron chi connectivity index (χ2n) is 7.39. The van der Waals surface area contributed by atoms with Gasteiger partial charge in [0.15, 0.2) is 5.82 Å². The Hall–Kier alpha value is -2.38. The third-order valence-corrected chi connectivity index (χ3v) is 5.08. The molecule has 3 rings (SSSR count). The quantitative estimate of drug-likeness (QED) is 0.614. The number of nitrogens with one attached hydrogen (secondary N) is 2. The van der Waals surface area contributed by atoms with E-state index in [4.69, 9.17) is 21.1 Å². The van der Waals surface area contributed by atoms with E-state index >= 15 is 0 Å². The molecule has 1 unspecified atom stereocenters. The normalized spacial score (nSPS) is 19.1. The fourth-order valence-electron chi connectivity index (χ4n) is 3.17. The van der Waals surface area contributed by atoms with Gasteiger partial charge in [0.1, 0.15) is 11.3 Å². The highest BCUT2D eigenvalue weighted by molar-refractivity contribution is 6.34. The lowest BCUT2D eigenvalue weighted by Gasteiger charge is -2.35. The molecular formula is C21H27ClN4O3. The van der Waals surface area contributed by atoms with Gasteiger partial charge in [-0.15, -0.1) is 0 Å². The highest BCUT2D eigenvalue weighted by Gasteiger charge is 2.31. The lowest BCUT2D eigenvalue weighted by Crippen LogP contribution is -2.40. The Morgan fingerprint density at radius 3 is 2.76 bits per heavy atom. The van der Waals surface area contributed by atoms with Gasteiger partial charge < -0.3 is 20.1 Å². The van der Waals surface area contributed by atoms with Crippen molar-refractivity contribution >= 4 is 23.3 Å². The summed E-state index contributed by atoms with van der Waals surface area (Å²) >= 11 is 6.40. The molecule has 0 radical (unpaired) electrons. The van der Waals surface area contributed by atoms with Crippen LogP contribution in [0.3, 0.4) is 0 Å². The summed E-state index contributed by atoms with van der Waals surface area (Å²) < 4.78 is 11.6. The summed E-state index contributed by atoms with van der Waals surface area (Å²) in [5.41, 5.74) is 1.14. The molecule has 1 aromatic heterocycles.